The van der Waals surface area contributed by atoms with Crippen molar-refractivity contribution in [1.82, 2.24) is 4.90 Å². The number of allylic oxidation sites excluding steroid dienone is 3. The zero-order chi connectivity index (χ0) is 46.2. The monoisotopic (exact) mass is 882 g/mol. The lowest BCUT2D eigenvalue weighted by Crippen LogP contribution is -2.64. The van der Waals surface area contributed by atoms with E-state index in [1.165, 1.54) is 19.1 Å². The average Bonchev–Trinajstić information content (AvgIpc) is 3.26. The number of carbonyl (C=O) groups excluding carboxylic acids is 4. The number of fused-ring (bicyclic) bond motifs is 3. The Kier molecular flexibility index (Phi) is 18.2. The number of aliphatic hydroxyl groups is 2. The third-order valence-corrected chi connectivity index (χ3v) is 14.1. The van der Waals surface area contributed by atoms with Crippen molar-refractivity contribution >= 4 is 23.4 Å². The number of hydrogen-bond donors (Lipinski definition) is 2. The smallest absolute Gasteiger partial charge is 0.329 e. The van der Waals surface area contributed by atoms with Crippen molar-refractivity contribution in [3.63, 3.8) is 0 Å². The van der Waals surface area contributed by atoms with Gasteiger partial charge in [-0.2, -0.15) is 0 Å². The molecule has 13 nitrogen and oxygen atoms in total. The van der Waals surface area contributed by atoms with Gasteiger partial charge in [-0.05, 0) is 120 Å². The summed E-state index contributed by atoms with van der Waals surface area (Å²) in [6.07, 6.45) is 4.79. The molecular weight excluding hydrogens is 807 g/mol. The second-order valence-corrected chi connectivity index (χ2v) is 19.1. The third kappa shape index (κ3) is 12.3. The molecule has 2 bridgehead atoms. The highest BCUT2D eigenvalue weighted by molar-refractivity contribution is 6.39. The van der Waals surface area contributed by atoms with Gasteiger partial charge in [-0.25, -0.2) is 4.79 Å². The van der Waals surface area contributed by atoms with E-state index in [-0.39, 0.29) is 55.6 Å². The van der Waals surface area contributed by atoms with Crippen LogP contribution < -0.4 is 4.74 Å². The lowest BCUT2D eigenvalue weighted by molar-refractivity contribution is -0.302. The van der Waals surface area contributed by atoms with Gasteiger partial charge in [0.1, 0.15) is 35.9 Å². The van der Waals surface area contributed by atoms with Crippen LogP contribution in [0.1, 0.15) is 118 Å². The Bertz CT molecular complexity index is 1800. The van der Waals surface area contributed by atoms with Crippen LogP contribution in [-0.4, -0.2) is 121 Å². The number of esters is 1. The number of hydrogen-bond acceptors (Lipinski definition) is 12. The summed E-state index contributed by atoms with van der Waals surface area (Å²) < 4.78 is 36.8. The van der Waals surface area contributed by atoms with Crippen molar-refractivity contribution in [3.05, 3.63) is 53.1 Å². The van der Waals surface area contributed by atoms with Crippen LogP contribution >= 0.6 is 0 Å². The number of rotatable bonds is 8. The number of aryl methyl sites for hydroxylation is 1. The van der Waals surface area contributed by atoms with Crippen molar-refractivity contribution in [1.29, 1.82) is 0 Å². The molecule has 14 atom stereocenters. The fraction of sp³-hybridized carbons (Fsp3) is 0.720. The Hall–Kier alpha value is -3.46. The average molecular weight is 882 g/mol. The Morgan fingerprint density at radius 3 is 2.27 bits per heavy atom. The van der Waals surface area contributed by atoms with Crippen molar-refractivity contribution in [2.24, 2.45) is 29.6 Å². The lowest BCUT2D eigenvalue weighted by atomic mass is 9.81. The van der Waals surface area contributed by atoms with E-state index in [9.17, 15) is 29.4 Å². The fourth-order valence-electron chi connectivity index (χ4n) is 10.4. The molecule has 1 aromatic rings. The van der Waals surface area contributed by atoms with Gasteiger partial charge in [0.2, 0.25) is 5.79 Å². The zero-order valence-electron chi connectivity index (χ0n) is 39.4. The van der Waals surface area contributed by atoms with Crippen molar-refractivity contribution < 1.29 is 57.8 Å². The molecule has 13 heteroatoms. The Morgan fingerprint density at radius 1 is 0.905 bits per heavy atom. The summed E-state index contributed by atoms with van der Waals surface area (Å²) in [6, 6.07) is 6.80. The van der Waals surface area contributed by atoms with E-state index in [4.69, 9.17) is 28.4 Å². The summed E-state index contributed by atoms with van der Waals surface area (Å²) in [6.45, 7) is 13.4. The summed E-state index contributed by atoms with van der Waals surface area (Å²) in [4.78, 5) is 58.3. The van der Waals surface area contributed by atoms with Gasteiger partial charge < -0.3 is 43.5 Å². The number of Topliss-reactive ketones (excluding diaryl/α,β-unsaturated/α-hetero) is 2. The van der Waals surface area contributed by atoms with E-state index in [2.05, 4.69) is 13.0 Å². The zero-order valence-corrected chi connectivity index (χ0v) is 39.4. The lowest BCUT2D eigenvalue weighted by Gasteiger charge is -2.47. The highest BCUT2D eigenvalue weighted by Gasteiger charge is 2.56. The molecule has 1 aromatic carbocycles. The summed E-state index contributed by atoms with van der Waals surface area (Å²) in [5.41, 5.74) is 2.80. The number of carbonyl (C=O) groups is 4. The molecule has 0 radical (unpaired) electrons. The van der Waals surface area contributed by atoms with Crippen LogP contribution in [0.15, 0.2) is 47.6 Å². The number of methoxy groups -OCH3 is 3. The molecule has 1 aliphatic carbocycles. The maximum atomic E-state index is 14.5. The predicted molar refractivity (Wildman–Crippen MR) is 238 cm³/mol. The molecule has 3 heterocycles. The van der Waals surface area contributed by atoms with Gasteiger partial charge in [0.15, 0.2) is 0 Å². The summed E-state index contributed by atoms with van der Waals surface area (Å²) in [5.74, 6) is -6.64. The maximum absolute atomic E-state index is 14.5. The molecule has 0 spiro atoms. The molecule has 5 rings (SSSR count). The number of nitrogens with zero attached hydrogens (tertiary/aromatic N) is 1. The normalized spacial score (nSPS) is 38.2. The van der Waals surface area contributed by atoms with Crippen LogP contribution in [0, 0.1) is 36.5 Å². The van der Waals surface area contributed by atoms with Gasteiger partial charge in [0.25, 0.3) is 11.7 Å². The number of cyclic esters (lactones) is 1. The Morgan fingerprint density at radius 2 is 1.60 bits per heavy atom. The van der Waals surface area contributed by atoms with Crippen LogP contribution in [0.25, 0.3) is 0 Å². The number of benzene rings is 1. The molecule has 4 aliphatic rings. The molecular formula is C50H75NO12. The first-order chi connectivity index (χ1) is 29.9. The van der Waals surface area contributed by atoms with E-state index in [1.807, 2.05) is 58.0 Å². The molecule has 352 valence electrons. The van der Waals surface area contributed by atoms with Crippen LogP contribution in [0.2, 0.25) is 0 Å². The number of amides is 1. The summed E-state index contributed by atoms with van der Waals surface area (Å²) >= 11 is 0. The fourth-order valence-corrected chi connectivity index (χ4v) is 10.4. The SMILES string of the molecule is CC[C@@H]1/C=C(\C)C[C@H](C)C[C@H](OC)[C@H]2O[C@@](O)(C(=O)C(=O)N3CCCC[C@H]3C(=O)O[C@H](/C(C)=C/[C@@H]3CC[C@@H](Oc4cccc(C)c4)[C@H](OC)C3)[C@H](C)[C@@H](O)CC1=O)[C@H](C)C[C@@H]2OC. The molecule has 2 saturated heterocycles. The number of ether oxygens (including phenoxy) is 6. The van der Waals surface area contributed by atoms with E-state index >= 15 is 0 Å². The van der Waals surface area contributed by atoms with Crippen LogP contribution in [0.3, 0.4) is 0 Å². The van der Waals surface area contributed by atoms with Gasteiger partial charge in [0.05, 0.1) is 24.4 Å². The largest absolute Gasteiger partial charge is 0.488 e. The van der Waals surface area contributed by atoms with Crippen molar-refractivity contribution in [3.8, 4) is 5.75 Å². The van der Waals surface area contributed by atoms with Gasteiger partial charge in [0, 0.05) is 52.0 Å². The molecule has 1 saturated carbocycles. The van der Waals surface area contributed by atoms with Crippen LogP contribution in [-0.2, 0) is 42.9 Å². The quantitative estimate of drug-likeness (QED) is 0.158. The first-order valence-electron chi connectivity index (χ1n) is 23.3. The van der Waals surface area contributed by atoms with E-state index < -0.39 is 77.8 Å². The topological polar surface area (TPSA) is 167 Å². The molecule has 63 heavy (non-hydrogen) atoms. The van der Waals surface area contributed by atoms with Crippen LogP contribution in [0.4, 0.5) is 0 Å². The van der Waals surface area contributed by atoms with Gasteiger partial charge in [-0.3, -0.25) is 14.4 Å². The third-order valence-electron chi connectivity index (χ3n) is 14.1. The maximum Gasteiger partial charge on any atom is 0.329 e. The van der Waals surface area contributed by atoms with Gasteiger partial charge >= 0.3 is 5.97 Å². The molecule has 1 amide bonds. The minimum absolute atomic E-state index is 0.0324. The predicted octanol–water partition coefficient (Wildman–Crippen LogP) is 6.87. The highest BCUT2D eigenvalue weighted by Crippen LogP contribution is 2.39. The minimum Gasteiger partial charge on any atom is -0.488 e. The first kappa shape index (κ1) is 50.5. The number of aliphatic hydroxyl groups excluding tert-OH is 1. The summed E-state index contributed by atoms with van der Waals surface area (Å²) in [7, 11) is 4.76. The standard InChI is InChI=1S/C50H75NO12/c1-11-36-22-30(3)21-31(4)24-43(59-9)46-44(60-10)26-33(6)50(57,63-46)47(54)48(55)51-20-13-12-17-38(51)49(56)62-45(34(7)39(52)28-40(36)53)32(5)25-35-18-19-41(42(27-35)58-8)61-37-16-14-15-29(2)23-37/h14-16,22-23,25,31,33-36,38-39,41-46,52,57H,11-13,17-21,24,26-28H2,1-10H3/b30-22+,32-25+/t31-,33+,34+,35-,36+,38-,39-,41+,42+,43-,44-,45+,46+,50+/m0/s1. The van der Waals surface area contributed by atoms with Gasteiger partial charge in [-0.15, -0.1) is 0 Å². The molecule has 2 N–H and O–H groups in total. The van der Waals surface area contributed by atoms with E-state index in [0.29, 0.717) is 44.1 Å². The summed E-state index contributed by atoms with van der Waals surface area (Å²) in [5, 5.41) is 23.9. The Labute approximate surface area is 375 Å². The highest BCUT2D eigenvalue weighted by atomic mass is 16.7. The number of piperidine rings is 1. The molecule has 0 unspecified atom stereocenters. The van der Waals surface area contributed by atoms with E-state index in [0.717, 1.165) is 29.7 Å². The first-order valence-corrected chi connectivity index (χ1v) is 23.3. The second-order valence-electron chi connectivity index (χ2n) is 19.1. The minimum atomic E-state index is -2.50. The molecule has 3 fully saturated rings. The van der Waals surface area contributed by atoms with E-state index in [1.54, 1.807) is 21.0 Å². The molecule has 0 aromatic heterocycles. The Balaban J connectivity index is 1.49. The van der Waals surface area contributed by atoms with Gasteiger partial charge in [-0.1, -0.05) is 57.6 Å². The molecule has 3 aliphatic heterocycles. The second kappa shape index (κ2) is 22.6. The van der Waals surface area contributed by atoms with Crippen LogP contribution in [0.5, 0.6) is 5.75 Å². The van der Waals surface area contributed by atoms with Crippen molar-refractivity contribution in [2.45, 2.75) is 174 Å². The van der Waals surface area contributed by atoms with Crippen molar-refractivity contribution in [2.75, 3.05) is 27.9 Å². The number of ketones is 2.